The fraction of sp³-hybridized carbons (Fsp3) is 0.515. The number of carboxylic acids is 1. The van der Waals surface area contributed by atoms with Gasteiger partial charge in [-0.3, -0.25) is 9.69 Å². The maximum absolute atomic E-state index is 12.5. The second-order valence-electron chi connectivity index (χ2n) is 12.4. The minimum absolute atomic E-state index is 0.0164. The topological polar surface area (TPSA) is 146 Å². The summed E-state index contributed by atoms with van der Waals surface area (Å²) in [6.07, 6.45) is 1.95. The molecule has 11 nitrogen and oxygen atoms in total. The Kier molecular flexibility index (Phi) is 11.2. The Hall–Kier alpha value is -4.12. The lowest BCUT2D eigenvalue weighted by Gasteiger charge is -2.32. The molecule has 0 spiro atoms. The quantitative estimate of drug-likeness (QED) is 0.207. The van der Waals surface area contributed by atoms with Crippen molar-refractivity contribution in [3.05, 3.63) is 59.7 Å². The van der Waals surface area contributed by atoms with Crippen LogP contribution in [0.1, 0.15) is 69.9 Å². The van der Waals surface area contributed by atoms with E-state index in [1.807, 2.05) is 74.2 Å². The van der Waals surface area contributed by atoms with Gasteiger partial charge in [0, 0.05) is 31.6 Å². The smallest absolute Gasteiger partial charge is 0.407 e. The molecule has 4 rings (SSSR count). The van der Waals surface area contributed by atoms with Crippen LogP contribution in [-0.4, -0.2) is 84.5 Å². The van der Waals surface area contributed by atoms with Gasteiger partial charge in [0.25, 0.3) is 0 Å². The van der Waals surface area contributed by atoms with Gasteiger partial charge in [0.2, 0.25) is 0 Å². The van der Waals surface area contributed by atoms with Crippen molar-refractivity contribution in [1.82, 2.24) is 20.9 Å². The summed E-state index contributed by atoms with van der Waals surface area (Å²) >= 11 is 0. The number of rotatable bonds is 12. The average molecular weight is 609 g/mol. The molecule has 2 aromatic rings. The van der Waals surface area contributed by atoms with E-state index in [2.05, 4.69) is 16.0 Å². The lowest BCUT2D eigenvalue weighted by atomic mass is 9.98. The maximum Gasteiger partial charge on any atom is 0.407 e. The number of unbranched alkanes of at least 4 members (excludes halogenated alkanes) is 1. The summed E-state index contributed by atoms with van der Waals surface area (Å²) < 4.78 is 10.9. The molecule has 238 valence electrons. The molecule has 1 heterocycles. The Morgan fingerprint density at radius 1 is 0.955 bits per heavy atom. The fourth-order valence-corrected chi connectivity index (χ4v) is 5.74. The molecule has 1 saturated heterocycles. The number of nitrogens with zero attached hydrogens (tertiary/aromatic N) is 1. The molecule has 1 atom stereocenters. The molecule has 11 heteroatoms. The summed E-state index contributed by atoms with van der Waals surface area (Å²) in [5.41, 5.74) is 3.88. The largest absolute Gasteiger partial charge is 0.480 e. The van der Waals surface area contributed by atoms with Gasteiger partial charge in [-0.2, -0.15) is 0 Å². The molecular weight excluding hydrogens is 564 g/mol. The number of fused-ring (bicyclic) bond motifs is 3. The summed E-state index contributed by atoms with van der Waals surface area (Å²) in [5.74, 6) is -1.50. The van der Waals surface area contributed by atoms with Crippen LogP contribution in [-0.2, 0) is 19.1 Å². The summed E-state index contributed by atoms with van der Waals surface area (Å²) in [5, 5.41) is 17.9. The van der Waals surface area contributed by atoms with Crippen LogP contribution in [0.4, 0.5) is 9.59 Å². The highest BCUT2D eigenvalue weighted by molar-refractivity contribution is 5.81. The number of nitrogens with one attached hydrogen (secondary N) is 3. The van der Waals surface area contributed by atoms with Gasteiger partial charge in [0.15, 0.2) is 0 Å². The highest BCUT2D eigenvalue weighted by atomic mass is 16.6. The van der Waals surface area contributed by atoms with Gasteiger partial charge >= 0.3 is 24.1 Å². The van der Waals surface area contributed by atoms with E-state index in [1.54, 1.807) is 0 Å². The standard InChI is InChI=1S/C33H44N4O7/c1-33(2,3)44-29(38)20-37-18-15-22(16-19-37)35-31(41)34-17-9-8-14-28(30(39)40)36-32(42)43-21-27-25-12-6-4-10-23(25)24-11-5-7-13-26(24)27/h4-7,10-13,22,27-28H,8-9,14-21H2,1-3H3,(H,36,42)(H,39,40)(H2,34,35,41)/t28-/m1/s1. The van der Waals surface area contributed by atoms with Gasteiger partial charge < -0.3 is 30.5 Å². The second-order valence-corrected chi connectivity index (χ2v) is 12.4. The molecule has 0 radical (unpaired) electrons. The summed E-state index contributed by atoms with van der Waals surface area (Å²) in [4.78, 5) is 50.7. The fourth-order valence-electron chi connectivity index (χ4n) is 5.74. The van der Waals surface area contributed by atoms with E-state index in [9.17, 15) is 24.3 Å². The number of amides is 3. The van der Waals surface area contributed by atoms with E-state index < -0.39 is 23.7 Å². The molecule has 0 bridgehead atoms. The molecule has 1 aliphatic heterocycles. The first-order valence-corrected chi connectivity index (χ1v) is 15.3. The van der Waals surface area contributed by atoms with Crippen molar-refractivity contribution in [2.45, 2.75) is 76.5 Å². The van der Waals surface area contributed by atoms with Crippen molar-refractivity contribution in [1.29, 1.82) is 0 Å². The number of piperidine rings is 1. The van der Waals surface area contributed by atoms with E-state index in [0.29, 0.717) is 32.5 Å². The Bertz CT molecular complexity index is 1270. The van der Waals surface area contributed by atoms with Crippen molar-refractivity contribution in [3.8, 4) is 11.1 Å². The van der Waals surface area contributed by atoms with Crippen LogP contribution in [0.3, 0.4) is 0 Å². The number of urea groups is 1. The Balaban J connectivity index is 1.11. The number of hydrogen-bond acceptors (Lipinski definition) is 7. The number of carboxylic acid groups (broad SMARTS) is 1. The average Bonchev–Trinajstić information content (AvgIpc) is 3.29. The third-order valence-corrected chi connectivity index (χ3v) is 7.83. The number of carbonyl (C=O) groups excluding carboxylic acids is 3. The number of ether oxygens (including phenoxy) is 2. The Morgan fingerprint density at radius 2 is 1.57 bits per heavy atom. The predicted octanol–water partition coefficient (Wildman–Crippen LogP) is 4.25. The van der Waals surface area contributed by atoms with Crippen LogP contribution in [0.2, 0.25) is 0 Å². The van der Waals surface area contributed by atoms with Crippen LogP contribution in [0.25, 0.3) is 11.1 Å². The van der Waals surface area contributed by atoms with Crippen LogP contribution >= 0.6 is 0 Å². The van der Waals surface area contributed by atoms with Gasteiger partial charge in [-0.1, -0.05) is 48.5 Å². The Morgan fingerprint density at radius 3 is 2.16 bits per heavy atom. The minimum atomic E-state index is -1.14. The van der Waals surface area contributed by atoms with Crippen molar-refractivity contribution in [3.63, 3.8) is 0 Å². The van der Waals surface area contributed by atoms with E-state index in [0.717, 1.165) is 35.1 Å². The van der Waals surface area contributed by atoms with E-state index in [-0.39, 0.29) is 43.5 Å². The zero-order chi connectivity index (χ0) is 31.7. The van der Waals surface area contributed by atoms with E-state index >= 15 is 0 Å². The molecule has 4 N–H and O–H groups in total. The summed E-state index contributed by atoms with van der Waals surface area (Å²) in [6, 6.07) is 14.7. The lowest BCUT2D eigenvalue weighted by Crippen LogP contribution is -2.49. The van der Waals surface area contributed by atoms with Gasteiger partial charge in [-0.15, -0.1) is 0 Å². The molecule has 1 fully saturated rings. The third-order valence-electron chi connectivity index (χ3n) is 7.83. The van der Waals surface area contributed by atoms with Gasteiger partial charge in [-0.05, 0) is 75.1 Å². The van der Waals surface area contributed by atoms with Crippen molar-refractivity contribution in [2.24, 2.45) is 0 Å². The molecule has 0 unspecified atom stereocenters. The van der Waals surface area contributed by atoms with Crippen LogP contribution in [0.5, 0.6) is 0 Å². The van der Waals surface area contributed by atoms with E-state index in [1.165, 1.54) is 0 Å². The number of aliphatic carboxylic acids is 1. The first-order chi connectivity index (χ1) is 21.0. The number of esters is 1. The number of carbonyl (C=O) groups is 4. The number of benzene rings is 2. The van der Waals surface area contributed by atoms with Gasteiger partial charge in [-0.25, -0.2) is 14.4 Å². The number of alkyl carbamates (subject to hydrolysis) is 1. The molecule has 2 aromatic carbocycles. The zero-order valence-corrected chi connectivity index (χ0v) is 25.8. The number of likely N-dealkylation sites (tertiary alicyclic amines) is 1. The van der Waals surface area contributed by atoms with Crippen molar-refractivity contribution in [2.75, 3.05) is 32.8 Å². The van der Waals surface area contributed by atoms with Crippen LogP contribution in [0, 0.1) is 0 Å². The van der Waals surface area contributed by atoms with Crippen molar-refractivity contribution >= 4 is 24.1 Å². The molecule has 2 aliphatic rings. The molecule has 0 aromatic heterocycles. The van der Waals surface area contributed by atoms with Gasteiger partial charge in [0.05, 0.1) is 6.54 Å². The third kappa shape index (κ3) is 9.44. The maximum atomic E-state index is 12.5. The second kappa shape index (κ2) is 15.1. The lowest BCUT2D eigenvalue weighted by molar-refractivity contribution is -0.156. The predicted molar refractivity (Wildman–Crippen MR) is 165 cm³/mol. The van der Waals surface area contributed by atoms with Crippen LogP contribution < -0.4 is 16.0 Å². The molecule has 1 aliphatic carbocycles. The summed E-state index contributed by atoms with van der Waals surface area (Å²) in [6.45, 7) is 7.63. The Labute approximate surface area is 258 Å². The monoisotopic (exact) mass is 608 g/mol. The molecule has 0 saturated carbocycles. The highest BCUT2D eigenvalue weighted by Crippen LogP contribution is 2.44. The van der Waals surface area contributed by atoms with E-state index in [4.69, 9.17) is 9.47 Å². The summed E-state index contributed by atoms with van der Waals surface area (Å²) in [7, 11) is 0. The highest BCUT2D eigenvalue weighted by Gasteiger charge is 2.30. The van der Waals surface area contributed by atoms with Crippen LogP contribution in [0.15, 0.2) is 48.5 Å². The SMILES string of the molecule is CC(C)(C)OC(=O)CN1CCC(NC(=O)NCCCC[C@@H](NC(=O)OCC2c3ccccc3-c3ccccc32)C(=O)O)CC1. The molecule has 3 amide bonds. The van der Waals surface area contributed by atoms with Crippen molar-refractivity contribution < 1.29 is 33.8 Å². The first-order valence-electron chi connectivity index (χ1n) is 15.3. The molecular formula is C33H44N4O7. The molecule has 44 heavy (non-hydrogen) atoms. The minimum Gasteiger partial charge on any atom is -0.480 e. The zero-order valence-electron chi connectivity index (χ0n) is 25.8. The normalized spacial score (nSPS) is 15.9. The number of hydrogen-bond donors (Lipinski definition) is 4. The first kappa shape index (κ1) is 32.8. The van der Waals surface area contributed by atoms with Gasteiger partial charge in [0.1, 0.15) is 18.2 Å².